The van der Waals surface area contributed by atoms with Gasteiger partial charge in [-0.05, 0) is 38.8 Å². The Kier molecular flexibility index (Phi) is 6.20. The van der Waals surface area contributed by atoms with Crippen molar-refractivity contribution in [1.82, 2.24) is 5.32 Å². The summed E-state index contributed by atoms with van der Waals surface area (Å²) in [5, 5.41) is 3.52. The summed E-state index contributed by atoms with van der Waals surface area (Å²) in [5.74, 6) is 1.57. The van der Waals surface area contributed by atoms with Crippen LogP contribution in [0.1, 0.15) is 51.3 Å². The highest BCUT2D eigenvalue weighted by molar-refractivity contribution is 5.39. The number of ether oxygens (including phenoxy) is 1. The third kappa shape index (κ3) is 4.69. The van der Waals surface area contributed by atoms with Crippen molar-refractivity contribution in [3.63, 3.8) is 0 Å². The van der Waals surface area contributed by atoms with E-state index in [1.54, 1.807) is 0 Å². The van der Waals surface area contributed by atoms with Crippen LogP contribution in [0.3, 0.4) is 0 Å². The van der Waals surface area contributed by atoms with Gasteiger partial charge in [-0.2, -0.15) is 0 Å². The van der Waals surface area contributed by atoms with Gasteiger partial charge in [-0.25, -0.2) is 0 Å². The van der Waals surface area contributed by atoms with Crippen molar-refractivity contribution in [2.45, 2.75) is 47.1 Å². The predicted octanol–water partition coefficient (Wildman–Crippen LogP) is 4.09. The second-order valence-electron chi connectivity index (χ2n) is 5.42. The SMILES string of the molecule is CCCNC(C)c1cc(C)ccc1OCC(C)C. The van der Waals surface area contributed by atoms with E-state index in [2.05, 4.69) is 58.1 Å². The molecule has 0 fully saturated rings. The molecule has 0 radical (unpaired) electrons. The van der Waals surface area contributed by atoms with Gasteiger partial charge in [0.15, 0.2) is 0 Å². The van der Waals surface area contributed by atoms with Crippen LogP contribution in [-0.4, -0.2) is 13.2 Å². The van der Waals surface area contributed by atoms with Gasteiger partial charge in [0.2, 0.25) is 0 Å². The van der Waals surface area contributed by atoms with Crippen LogP contribution >= 0.6 is 0 Å². The van der Waals surface area contributed by atoms with Gasteiger partial charge in [0, 0.05) is 11.6 Å². The molecule has 0 aromatic heterocycles. The Hall–Kier alpha value is -1.02. The monoisotopic (exact) mass is 249 g/mol. The maximum atomic E-state index is 5.91. The summed E-state index contributed by atoms with van der Waals surface area (Å²) in [6.07, 6.45) is 1.15. The number of benzene rings is 1. The van der Waals surface area contributed by atoms with E-state index in [0.717, 1.165) is 25.3 Å². The van der Waals surface area contributed by atoms with Crippen molar-refractivity contribution in [3.05, 3.63) is 29.3 Å². The molecule has 0 heterocycles. The highest BCUT2D eigenvalue weighted by Gasteiger charge is 2.11. The van der Waals surface area contributed by atoms with E-state index < -0.39 is 0 Å². The molecule has 102 valence electrons. The van der Waals surface area contributed by atoms with Gasteiger partial charge in [-0.3, -0.25) is 0 Å². The topological polar surface area (TPSA) is 21.3 Å². The van der Waals surface area contributed by atoms with Gasteiger partial charge < -0.3 is 10.1 Å². The van der Waals surface area contributed by atoms with Gasteiger partial charge in [-0.1, -0.05) is 38.5 Å². The maximum absolute atomic E-state index is 5.91. The van der Waals surface area contributed by atoms with Crippen molar-refractivity contribution in [1.29, 1.82) is 0 Å². The molecule has 0 saturated carbocycles. The zero-order chi connectivity index (χ0) is 13.5. The molecule has 1 atom stereocenters. The fourth-order valence-electron chi connectivity index (χ4n) is 1.86. The van der Waals surface area contributed by atoms with E-state index in [4.69, 9.17) is 4.74 Å². The lowest BCUT2D eigenvalue weighted by molar-refractivity contribution is 0.266. The molecule has 1 aromatic carbocycles. The number of aryl methyl sites for hydroxylation is 1. The lowest BCUT2D eigenvalue weighted by Gasteiger charge is -2.19. The molecule has 0 aliphatic heterocycles. The van der Waals surface area contributed by atoms with Gasteiger partial charge in [0.25, 0.3) is 0 Å². The summed E-state index contributed by atoms with van der Waals surface area (Å²) in [6.45, 7) is 12.7. The minimum Gasteiger partial charge on any atom is -0.493 e. The molecule has 1 rings (SSSR count). The summed E-state index contributed by atoms with van der Waals surface area (Å²) in [4.78, 5) is 0. The average Bonchev–Trinajstić information content (AvgIpc) is 2.34. The summed E-state index contributed by atoms with van der Waals surface area (Å²) >= 11 is 0. The second-order valence-corrected chi connectivity index (χ2v) is 5.42. The first kappa shape index (κ1) is 15.0. The maximum Gasteiger partial charge on any atom is 0.124 e. The van der Waals surface area contributed by atoms with Crippen LogP contribution in [0, 0.1) is 12.8 Å². The van der Waals surface area contributed by atoms with E-state index in [0.29, 0.717) is 12.0 Å². The van der Waals surface area contributed by atoms with Gasteiger partial charge in [0.05, 0.1) is 6.61 Å². The standard InChI is InChI=1S/C16H27NO/c1-6-9-17-14(5)15-10-13(4)7-8-16(15)18-11-12(2)3/h7-8,10,12,14,17H,6,9,11H2,1-5H3. The molecule has 1 N–H and O–H groups in total. The molecular formula is C16H27NO. The molecule has 2 heteroatoms. The molecule has 0 amide bonds. The van der Waals surface area contributed by atoms with Gasteiger partial charge >= 0.3 is 0 Å². The second kappa shape index (κ2) is 7.42. The molecule has 2 nitrogen and oxygen atoms in total. The Morgan fingerprint density at radius 1 is 1.22 bits per heavy atom. The fourth-order valence-corrected chi connectivity index (χ4v) is 1.86. The van der Waals surface area contributed by atoms with Crippen molar-refractivity contribution in [2.24, 2.45) is 5.92 Å². The predicted molar refractivity (Wildman–Crippen MR) is 78.2 cm³/mol. The Balaban J connectivity index is 2.81. The zero-order valence-electron chi connectivity index (χ0n) is 12.4. The summed E-state index contributed by atoms with van der Waals surface area (Å²) in [7, 11) is 0. The molecule has 0 spiro atoms. The lowest BCUT2D eigenvalue weighted by Crippen LogP contribution is -2.20. The van der Waals surface area contributed by atoms with Crippen molar-refractivity contribution < 1.29 is 4.74 Å². The van der Waals surface area contributed by atoms with E-state index in [-0.39, 0.29) is 0 Å². The Bertz CT molecular complexity index is 360. The van der Waals surface area contributed by atoms with Crippen molar-refractivity contribution in [2.75, 3.05) is 13.2 Å². The quantitative estimate of drug-likeness (QED) is 0.786. The Labute approximate surface area is 112 Å². The van der Waals surface area contributed by atoms with Crippen LogP contribution in [0.25, 0.3) is 0 Å². The third-order valence-electron chi connectivity index (χ3n) is 2.90. The Morgan fingerprint density at radius 2 is 1.94 bits per heavy atom. The highest BCUT2D eigenvalue weighted by Crippen LogP contribution is 2.26. The van der Waals surface area contributed by atoms with Crippen molar-refractivity contribution >= 4 is 0 Å². The van der Waals surface area contributed by atoms with Crippen LogP contribution in [-0.2, 0) is 0 Å². The van der Waals surface area contributed by atoms with Crippen LogP contribution in [0.2, 0.25) is 0 Å². The van der Waals surface area contributed by atoms with Crippen LogP contribution in [0.15, 0.2) is 18.2 Å². The minimum atomic E-state index is 0.340. The first-order valence-corrected chi connectivity index (χ1v) is 7.01. The fraction of sp³-hybridized carbons (Fsp3) is 0.625. The molecule has 0 aliphatic rings. The van der Waals surface area contributed by atoms with E-state index in [1.807, 2.05) is 0 Å². The lowest BCUT2D eigenvalue weighted by atomic mass is 10.0. The number of hydrogen-bond donors (Lipinski definition) is 1. The van der Waals surface area contributed by atoms with Crippen LogP contribution in [0.4, 0.5) is 0 Å². The average molecular weight is 249 g/mol. The summed E-state index contributed by atoms with van der Waals surface area (Å²) in [6, 6.07) is 6.78. The van der Waals surface area contributed by atoms with Gasteiger partial charge in [-0.15, -0.1) is 0 Å². The third-order valence-corrected chi connectivity index (χ3v) is 2.90. The molecule has 0 bridgehead atoms. The first-order chi connectivity index (χ1) is 8.54. The molecular weight excluding hydrogens is 222 g/mol. The largest absolute Gasteiger partial charge is 0.493 e. The van der Waals surface area contributed by atoms with Crippen LogP contribution < -0.4 is 10.1 Å². The zero-order valence-corrected chi connectivity index (χ0v) is 12.4. The normalized spacial score (nSPS) is 12.8. The van der Waals surface area contributed by atoms with E-state index >= 15 is 0 Å². The number of hydrogen-bond acceptors (Lipinski definition) is 2. The number of nitrogens with one attached hydrogen (secondary N) is 1. The Morgan fingerprint density at radius 3 is 2.56 bits per heavy atom. The number of rotatable bonds is 7. The van der Waals surface area contributed by atoms with E-state index in [1.165, 1.54) is 11.1 Å². The van der Waals surface area contributed by atoms with Crippen molar-refractivity contribution in [3.8, 4) is 5.75 Å². The molecule has 1 unspecified atom stereocenters. The van der Waals surface area contributed by atoms with Crippen LogP contribution in [0.5, 0.6) is 5.75 Å². The molecule has 0 saturated heterocycles. The molecule has 18 heavy (non-hydrogen) atoms. The highest BCUT2D eigenvalue weighted by atomic mass is 16.5. The summed E-state index contributed by atoms with van der Waals surface area (Å²) in [5.41, 5.74) is 2.55. The van der Waals surface area contributed by atoms with Gasteiger partial charge in [0.1, 0.15) is 5.75 Å². The molecule has 1 aromatic rings. The smallest absolute Gasteiger partial charge is 0.124 e. The summed E-state index contributed by atoms with van der Waals surface area (Å²) < 4.78 is 5.91. The molecule has 0 aliphatic carbocycles. The van der Waals surface area contributed by atoms with E-state index in [9.17, 15) is 0 Å². The minimum absolute atomic E-state index is 0.340. The first-order valence-electron chi connectivity index (χ1n) is 7.01.